The van der Waals surface area contributed by atoms with E-state index in [2.05, 4.69) is 5.32 Å². The van der Waals surface area contributed by atoms with Crippen molar-refractivity contribution in [3.8, 4) is 10.4 Å². The number of rotatable bonds is 6. The highest BCUT2D eigenvalue weighted by molar-refractivity contribution is 7.20. The Kier molecular flexibility index (Phi) is 5.96. The Labute approximate surface area is 170 Å². The van der Waals surface area contributed by atoms with Crippen LogP contribution in [0.5, 0.6) is 0 Å². The lowest BCUT2D eigenvalue weighted by atomic mass is 10.1. The Morgan fingerprint density at radius 3 is 2.61 bits per heavy atom. The third-order valence-electron chi connectivity index (χ3n) is 4.07. The van der Waals surface area contributed by atoms with E-state index in [0.29, 0.717) is 21.3 Å². The van der Waals surface area contributed by atoms with Gasteiger partial charge in [-0.15, -0.1) is 11.3 Å². The van der Waals surface area contributed by atoms with Crippen LogP contribution in [0.15, 0.2) is 48.5 Å². The van der Waals surface area contributed by atoms with E-state index in [0.717, 1.165) is 16.0 Å². The van der Waals surface area contributed by atoms with Crippen LogP contribution in [0.2, 0.25) is 5.02 Å². The number of nitro benzene ring substituents is 1. The van der Waals surface area contributed by atoms with Crippen LogP contribution < -0.4 is 5.32 Å². The summed E-state index contributed by atoms with van der Waals surface area (Å²) in [5.41, 5.74) is 2.39. The molecule has 0 aliphatic carbocycles. The molecular formula is C20H17ClN2O4S. The number of carbonyl (C=O) groups excluding carboxylic acids is 1. The van der Waals surface area contributed by atoms with Crippen LogP contribution in [0.25, 0.3) is 10.4 Å². The summed E-state index contributed by atoms with van der Waals surface area (Å²) in [6.07, 6.45) is 0. The van der Waals surface area contributed by atoms with E-state index in [1.165, 1.54) is 29.5 Å². The van der Waals surface area contributed by atoms with Gasteiger partial charge in [-0.25, -0.2) is 4.79 Å². The Balaban J connectivity index is 2.11. The minimum absolute atomic E-state index is 0.0962. The second kappa shape index (κ2) is 8.41. The van der Waals surface area contributed by atoms with Crippen molar-refractivity contribution in [2.45, 2.75) is 13.8 Å². The molecule has 3 rings (SSSR count). The molecular weight excluding hydrogens is 400 g/mol. The first-order chi connectivity index (χ1) is 13.4. The molecule has 2 aromatic carbocycles. The lowest BCUT2D eigenvalue weighted by Gasteiger charge is -2.09. The Hall–Kier alpha value is -2.90. The van der Waals surface area contributed by atoms with Gasteiger partial charge < -0.3 is 10.1 Å². The predicted molar refractivity (Wildman–Crippen MR) is 112 cm³/mol. The number of nitrogens with zero attached hydrogens (tertiary/aromatic N) is 1. The monoisotopic (exact) mass is 416 g/mol. The van der Waals surface area contributed by atoms with Crippen molar-refractivity contribution in [1.82, 2.24) is 0 Å². The van der Waals surface area contributed by atoms with Gasteiger partial charge in [-0.2, -0.15) is 0 Å². The zero-order valence-electron chi connectivity index (χ0n) is 15.2. The molecule has 1 N–H and O–H groups in total. The zero-order valence-corrected chi connectivity index (χ0v) is 16.8. The summed E-state index contributed by atoms with van der Waals surface area (Å²) in [5, 5.41) is 15.0. The summed E-state index contributed by atoms with van der Waals surface area (Å²) >= 11 is 7.58. The van der Waals surface area contributed by atoms with Crippen LogP contribution in [-0.2, 0) is 4.74 Å². The fourth-order valence-corrected chi connectivity index (χ4v) is 4.14. The van der Waals surface area contributed by atoms with Crippen LogP contribution in [-0.4, -0.2) is 17.5 Å². The van der Waals surface area contributed by atoms with Gasteiger partial charge in [-0.05, 0) is 31.0 Å². The molecule has 8 heteroatoms. The first kappa shape index (κ1) is 19.9. The molecule has 0 amide bonds. The summed E-state index contributed by atoms with van der Waals surface area (Å²) in [5.74, 6) is -0.456. The van der Waals surface area contributed by atoms with Crippen molar-refractivity contribution in [1.29, 1.82) is 0 Å². The molecule has 0 unspecified atom stereocenters. The maximum absolute atomic E-state index is 12.6. The van der Waals surface area contributed by atoms with Crippen molar-refractivity contribution >= 4 is 45.3 Å². The van der Waals surface area contributed by atoms with Gasteiger partial charge in [-0.1, -0.05) is 41.9 Å². The van der Waals surface area contributed by atoms with Crippen LogP contribution in [0.4, 0.5) is 16.4 Å². The van der Waals surface area contributed by atoms with Crippen molar-refractivity contribution < 1.29 is 14.5 Å². The van der Waals surface area contributed by atoms with Gasteiger partial charge in [0.1, 0.15) is 5.00 Å². The number of carbonyl (C=O) groups is 1. The van der Waals surface area contributed by atoms with E-state index in [9.17, 15) is 14.9 Å². The number of hydrogen-bond donors (Lipinski definition) is 1. The first-order valence-corrected chi connectivity index (χ1v) is 9.68. The molecule has 0 aliphatic heterocycles. The smallest absolute Gasteiger partial charge is 0.341 e. The largest absolute Gasteiger partial charge is 0.462 e. The SMILES string of the molecule is CCOC(=O)c1c(Nc2cc([N+](=O)[O-])ccc2Cl)sc(-c2ccccc2)c1C. The van der Waals surface area contributed by atoms with Crippen molar-refractivity contribution in [3.63, 3.8) is 0 Å². The van der Waals surface area contributed by atoms with E-state index in [1.54, 1.807) is 6.92 Å². The van der Waals surface area contributed by atoms with Crippen LogP contribution in [0.1, 0.15) is 22.8 Å². The van der Waals surface area contributed by atoms with Gasteiger partial charge >= 0.3 is 5.97 Å². The Morgan fingerprint density at radius 1 is 1.25 bits per heavy atom. The van der Waals surface area contributed by atoms with Gasteiger partial charge in [-0.3, -0.25) is 10.1 Å². The summed E-state index contributed by atoms with van der Waals surface area (Å²) in [4.78, 5) is 24.1. The molecule has 1 aromatic heterocycles. The maximum atomic E-state index is 12.6. The fourth-order valence-electron chi connectivity index (χ4n) is 2.76. The van der Waals surface area contributed by atoms with Gasteiger partial charge in [0, 0.05) is 17.0 Å². The highest BCUT2D eigenvalue weighted by Gasteiger charge is 2.24. The number of esters is 1. The van der Waals surface area contributed by atoms with Gasteiger partial charge in [0.2, 0.25) is 0 Å². The second-order valence-electron chi connectivity index (χ2n) is 5.89. The highest BCUT2D eigenvalue weighted by atomic mass is 35.5. The average molecular weight is 417 g/mol. The molecule has 0 radical (unpaired) electrons. The number of non-ortho nitro benzene ring substituents is 1. The minimum Gasteiger partial charge on any atom is -0.462 e. The lowest BCUT2D eigenvalue weighted by Crippen LogP contribution is -2.07. The Bertz CT molecular complexity index is 1030. The number of ether oxygens (including phenoxy) is 1. The second-order valence-corrected chi connectivity index (χ2v) is 7.32. The van der Waals surface area contributed by atoms with Gasteiger partial charge in [0.25, 0.3) is 5.69 Å². The van der Waals surface area contributed by atoms with Crippen LogP contribution in [0.3, 0.4) is 0 Å². The molecule has 1 heterocycles. The fraction of sp³-hybridized carbons (Fsp3) is 0.150. The summed E-state index contributed by atoms with van der Waals surface area (Å²) in [6, 6.07) is 13.8. The number of nitro groups is 1. The first-order valence-electron chi connectivity index (χ1n) is 8.49. The van der Waals surface area contributed by atoms with Crippen molar-refractivity contribution in [2.75, 3.05) is 11.9 Å². The average Bonchev–Trinajstić information content (AvgIpc) is 3.00. The molecule has 0 saturated heterocycles. The lowest BCUT2D eigenvalue weighted by molar-refractivity contribution is -0.384. The summed E-state index contributed by atoms with van der Waals surface area (Å²) in [7, 11) is 0. The van der Waals surface area contributed by atoms with E-state index in [1.807, 2.05) is 37.3 Å². The van der Waals surface area contributed by atoms with Crippen molar-refractivity contribution in [3.05, 3.63) is 74.8 Å². The van der Waals surface area contributed by atoms with E-state index in [4.69, 9.17) is 16.3 Å². The topological polar surface area (TPSA) is 81.5 Å². The number of anilines is 2. The van der Waals surface area contributed by atoms with E-state index >= 15 is 0 Å². The molecule has 28 heavy (non-hydrogen) atoms. The maximum Gasteiger partial charge on any atom is 0.341 e. The molecule has 0 spiro atoms. The molecule has 6 nitrogen and oxygen atoms in total. The minimum atomic E-state index is -0.497. The number of benzene rings is 2. The standard InChI is InChI=1S/C20H17ClN2O4S/c1-3-27-20(24)17-12(2)18(13-7-5-4-6-8-13)28-19(17)22-16-11-14(23(25)26)9-10-15(16)21/h4-11,22H,3H2,1-2H3. The number of hydrogen-bond acceptors (Lipinski definition) is 6. The van der Waals surface area contributed by atoms with Crippen LogP contribution >= 0.6 is 22.9 Å². The molecule has 3 aromatic rings. The van der Waals surface area contributed by atoms with Crippen LogP contribution in [0, 0.1) is 17.0 Å². The third-order valence-corrected chi connectivity index (χ3v) is 5.66. The predicted octanol–water partition coefficient (Wildman–Crippen LogP) is 6.21. The quantitative estimate of drug-likeness (QED) is 0.293. The molecule has 0 aliphatic rings. The number of nitrogens with one attached hydrogen (secondary N) is 1. The molecule has 0 bridgehead atoms. The summed E-state index contributed by atoms with van der Waals surface area (Å²) < 4.78 is 5.22. The van der Waals surface area contributed by atoms with Crippen molar-refractivity contribution in [2.24, 2.45) is 0 Å². The highest BCUT2D eigenvalue weighted by Crippen LogP contribution is 2.42. The van der Waals surface area contributed by atoms with E-state index in [-0.39, 0.29) is 12.3 Å². The third kappa shape index (κ3) is 4.00. The molecule has 144 valence electrons. The van der Waals surface area contributed by atoms with Gasteiger partial charge in [0.15, 0.2) is 0 Å². The number of halogens is 1. The molecule has 0 fully saturated rings. The molecule has 0 atom stereocenters. The normalized spacial score (nSPS) is 10.5. The Morgan fingerprint density at radius 2 is 1.96 bits per heavy atom. The molecule has 0 saturated carbocycles. The summed E-state index contributed by atoms with van der Waals surface area (Å²) in [6.45, 7) is 3.83. The zero-order chi connectivity index (χ0) is 20.3. The van der Waals surface area contributed by atoms with Gasteiger partial charge in [0.05, 0.1) is 27.8 Å². The van der Waals surface area contributed by atoms with E-state index < -0.39 is 10.9 Å². The number of thiophene rings is 1.